The number of rotatable bonds is 5. The Morgan fingerprint density at radius 2 is 1.80 bits per heavy atom. The van der Waals surface area contributed by atoms with E-state index in [9.17, 15) is 14.4 Å². The number of carbonyl (C=O) groups excluding carboxylic acids is 1. The quantitative estimate of drug-likeness (QED) is 0.470. The number of aliphatic carboxylic acids is 2. The van der Waals surface area contributed by atoms with Crippen LogP contribution in [0.5, 0.6) is 0 Å². The first-order chi connectivity index (χ1) is 6.34. The van der Waals surface area contributed by atoms with Crippen LogP contribution in [0.3, 0.4) is 0 Å². The minimum absolute atomic E-state index is 0. The topological polar surface area (TPSA) is 139 Å². The van der Waals surface area contributed by atoms with Crippen LogP contribution in [0.15, 0.2) is 12.2 Å². The summed E-state index contributed by atoms with van der Waals surface area (Å²) in [6, 6.07) is -1.42. The van der Waals surface area contributed by atoms with Crippen LogP contribution < -0.4 is 11.5 Å². The second-order valence-corrected chi connectivity index (χ2v) is 2.74. The Morgan fingerprint density at radius 1 is 1.33 bits per heavy atom. The normalized spacial score (nSPS) is 10.7. The van der Waals surface area contributed by atoms with Crippen molar-refractivity contribution in [1.29, 1.82) is 0 Å². The number of carboxylic acids is 2. The maximum absolute atomic E-state index is 11.0. The van der Waals surface area contributed by atoms with E-state index in [-0.39, 0.29) is 11.7 Å². The summed E-state index contributed by atoms with van der Waals surface area (Å²) in [6.45, 7) is 4.69. The van der Waals surface area contributed by atoms with Crippen molar-refractivity contribution in [2.75, 3.05) is 0 Å². The van der Waals surface area contributed by atoms with Gasteiger partial charge in [0, 0.05) is 5.57 Å². The third kappa shape index (κ3) is 6.22. The van der Waals surface area contributed by atoms with Crippen molar-refractivity contribution in [1.82, 2.24) is 11.5 Å². The van der Waals surface area contributed by atoms with Gasteiger partial charge in [-0.1, -0.05) is 6.58 Å². The molecule has 0 saturated carbocycles. The van der Waals surface area contributed by atoms with Crippen LogP contribution in [0.25, 0.3) is 0 Å². The van der Waals surface area contributed by atoms with Crippen molar-refractivity contribution in [2.45, 2.75) is 19.4 Å². The molecule has 0 aromatic rings. The largest absolute Gasteiger partial charge is 0.481 e. The lowest BCUT2D eigenvalue weighted by molar-refractivity contribution is -0.146. The second-order valence-electron chi connectivity index (χ2n) is 2.74. The van der Waals surface area contributed by atoms with Gasteiger partial charge in [-0.2, -0.15) is 0 Å². The van der Waals surface area contributed by atoms with Crippen LogP contribution in [-0.2, 0) is 14.4 Å². The van der Waals surface area contributed by atoms with Crippen molar-refractivity contribution in [2.24, 2.45) is 0 Å². The van der Waals surface area contributed by atoms with Gasteiger partial charge in [-0.25, -0.2) is 4.79 Å². The minimum atomic E-state index is -1.42. The zero-order chi connectivity index (χ0) is 11.3. The van der Waals surface area contributed by atoms with Crippen molar-refractivity contribution in [3.8, 4) is 0 Å². The molecule has 15 heavy (non-hydrogen) atoms. The van der Waals surface area contributed by atoms with Gasteiger partial charge in [0.25, 0.3) is 0 Å². The van der Waals surface area contributed by atoms with E-state index in [1.807, 2.05) is 5.32 Å². The van der Waals surface area contributed by atoms with E-state index >= 15 is 0 Å². The summed E-state index contributed by atoms with van der Waals surface area (Å²) in [5, 5.41) is 18.9. The average molecular weight is 218 g/mol. The SMILES string of the molecule is C=C(C)C(=O)N[C@@H](CC(=O)O)C(=O)O.N. The van der Waals surface area contributed by atoms with E-state index in [1.54, 1.807) is 0 Å². The van der Waals surface area contributed by atoms with Gasteiger partial charge < -0.3 is 21.7 Å². The summed E-state index contributed by atoms with van der Waals surface area (Å²) in [5.41, 5.74) is 0.127. The Hall–Kier alpha value is -1.89. The third-order valence-electron chi connectivity index (χ3n) is 1.37. The van der Waals surface area contributed by atoms with Gasteiger partial charge in [0.15, 0.2) is 0 Å². The van der Waals surface area contributed by atoms with Crippen LogP contribution in [0.2, 0.25) is 0 Å². The Kier molecular flexibility index (Phi) is 6.80. The van der Waals surface area contributed by atoms with Crippen LogP contribution >= 0.6 is 0 Å². The fourth-order valence-corrected chi connectivity index (χ4v) is 0.656. The number of carboxylic acid groups (broad SMARTS) is 2. The number of hydrogen-bond donors (Lipinski definition) is 4. The highest BCUT2D eigenvalue weighted by Gasteiger charge is 2.22. The Bertz CT molecular complexity index is 287. The van der Waals surface area contributed by atoms with E-state index < -0.39 is 30.3 Å². The lowest BCUT2D eigenvalue weighted by atomic mass is 10.2. The van der Waals surface area contributed by atoms with Crippen molar-refractivity contribution in [3.05, 3.63) is 12.2 Å². The highest BCUT2D eigenvalue weighted by molar-refractivity contribution is 5.95. The smallest absolute Gasteiger partial charge is 0.326 e. The molecule has 6 N–H and O–H groups in total. The molecule has 0 unspecified atom stereocenters. The zero-order valence-corrected chi connectivity index (χ0v) is 8.32. The molecule has 7 heteroatoms. The van der Waals surface area contributed by atoms with Gasteiger partial charge in [0.05, 0.1) is 6.42 Å². The molecule has 0 fully saturated rings. The lowest BCUT2D eigenvalue weighted by Crippen LogP contribution is -2.42. The monoisotopic (exact) mass is 218 g/mol. The molecule has 0 saturated heterocycles. The Balaban J connectivity index is 0. The molecule has 0 heterocycles. The molecular formula is C8H14N2O5. The van der Waals surface area contributed by atoms with Crippen LogP contribution in [0, 0.1) is 0 Å². The summed E-state index contributed by atoms with van der Waals surface area (Å²) in [4.78, 5) is 31.7. The maximum Gasteiger partial charge on any atom is 0.326 e. The predicted octanol–water partition coefficient (Wildman–Crippen LogP) is -0.231. The molecule has 86 valence electrons. The van der Waals surface area contributed by atoms with Crippen molar-refractivity contribution >= 4 is 17.8 Å². The first kappa shape index (κ1) is 15.6. The fraction of sp³-hybridized carbons (Fsp3) is 0.375. The summed E-state index contributed by atoms with van der Waals surface area (Å²) in [5.74, 6) is -3.35. The molecule has 0 aliphatic rings. The van der Waals surface area contributed by atoms with Crippen molar-refractivity contribution in [3.63, 3.8) is 0 Å². The second kappa shape index (κ2) is 6.55. The van der Waals surface area contributed by atoms with Gasteiger partial charge in [0.2, 0.25) is 5.91 Å². The molecule has 0 bridgehead atoms. The van der Waals surface area contributed by atoms with Crippen molar-refractivity contribution < 1.29 is 24.6 Å². The van der Waals surface area contributed by atoms with Crippen LogP contribution in [0.4, 0.5) is 0 Å². The molecule has 0 radical (unpaired) electrons. The van der Waals surface area contributed by atoms with Crippen LogP contribution in [0.1, 0.15) is 13.3 Å². The highest BCUT2D eigenvalue weighted by atomic mass is 16.4. The van der Waals surface area contributed by atoms with Gasteiger partial charge in [-0.15, -0.1) is 0 Å². The maximum atomic E-state index is 11.0. The predicted molar refractivity (Wildman–Crippen MR) is 51.7 cm³/mol. The number of hydrogen-bond acceptors (Lipinski definition) is 4. The van der Waals surface area contributed by atoms with E-state index in [2.05, 4.69) is 6.58 Å². The molecule has 0 aliphatic heterocycles. The molecule has 0 rings (SSSR count). The minimum Gasteiger partial charge on any atom is -0.481 e. The first-order valence-corrected chi connectivity index (χ1v) is 3.75. The first-order valence-electron chi connectivity index (χ1n) is 3.75. The standard InChI is InChI=1S/C8H11NO5.H3N/c1-4(2)7(12)9-5(8(13)14)3-6(10)11;/h5H,1,3H2,2H3,(H,9,12)(H,10,11)(H,13,14);1H3/t5-;/m0./s1. The fourth-order valence-electron chi connectivity index (χ4n) is 0.656. The molecule has 1 amide bonds. The number of amides is 1. The Morgan fingerprint density at radius 3 is 2.07 bits per heavy atom. The summed E-state index contributed by atoms with van der Waals surface area (Å²) < 4.78 is 0. The molecule has 1 atom stereocenters. The summed E-state index contributed by atoms with van der Waals surface area (Å²) in [6.07, 6.45) is -0.658. The lowest BCUT2D eigenvalue weighted by Gasteiger charge is -2.11. The van der Waals surface area contributed by atoms with Crippen LogP contribution in [-0.4, -0.2) is 34.1 Å². The summed E-state index contributed by atoms with van der Waals surface area (Å²) in [7, 11) is 0. The number of nitrogens with one attached hydrogen (secondary N) is 1. The van der Waals surface area contributed by atoms with Gasteiger partial charge in [0.1, 0.15) is 6.04 Å². The van der Waals surface area contributed by atoms with Gasteiger partial charge in [-0.3, -0.25) is 9.59 Å². The number of carbonyl (C=O) groups is 3. The zero-order valence-electron chi connectivity index (χ0n) is 8.32. The van der Waals surface area contributed by atoms with E-state index in [0.717, 1.165) is 0 Å². The third-order valence-corrected chi connectivity index (χ3v) is 1.37. The van der Waals surface area contributed by atoms with E-state index in [1.165, 1.54) is 6.92 Å². The molecular weight excluding hydrogens is 204 g/mol. The molecule has 0 spiro atoms. The summed E-state index contributed by atoms with van der Waals surface area (Å²) >= 11 is 0. The molecule has 0 aromatic carbocycles. The average Bonchev–Trinajstić information content (AvgIpc) is 2.01. The molecule has 7 nitrogen and oxygen atoms in total. The molecule has 0 aromatic heterocycles. The van der Waals surface area contributed by atoms with E-state index in [4.69, 9.17) is 10.2 Å². The molecule has 0 aliphatic carbocycles. The van der Waals surface area contributed by atoms with Gasteiger partial charge in [-0.05, 0) is 6.92 Å². The van der Waals surface area contributed by atoms with Gasteiger partial charge >= 0.3 is 11.9 Å². The highest BCUT2D eigenvalue weighted by Crippen LogP contribution is 1.95. The van der Waals surface area contributed by atoms with E-state index in [0.29, 0.717) is 0 Å². The Labute approximate surface area is 86.4 Å².